The normalized spacial score (nSPS) is 14.1. The Morgan fingerprint density at radius 1 is 1.09 bits per heavy atom. The number of benzene rings is 2. The monoisotopic (exact) mass is 295 g/mol. The molecule has 1 fully saturated rings. The van der Waals surface area contributed by atoms with Crippen molar-refractivity contribution in [2.75, 3.05) is 23.7 Å². The van der Waals surface area contributed by atoms with Gasteiger partial charge in [-0.1, -0.05) is 30.3 Å². The molecule has 2 aromatic carbocycles. The van der Waals surface area contributed by atoms with Crippen molar-refractivity contribution >= 4 is 17.3 Å². The molecule has 1 amide bonds. The van der Waals surface area contributed by atoms with Crippen LogP contribution in [0.3, 0.4) is 0 Å². The lowest BCUT2D eigenvalue weighted by Gasteiger charge is -2.19. The fourth-order valence-corrected chi connectivity index (χ4v) is 2.79. The first kappa shape index (κ1) is 14.4. The van der Waals surface area contributed by atoms with Crippen LogP contribution in [0.15, 0.2) is 48.5 Å². The second kappa shape index (κ2) is 6.52. The first-order chi connectivity index (χ1) is 10.7. The van der Waals surface area contributed by atoms with Gasteiger partial charge in [-0.15, -0.1) is 0 Å². The minimum Gasteiger partial charge on any atom is -0.398 e. The molecule has 2 aromatic rings. The second-order valence-electron chi connectivity index (χ2n) is 5.63. The third-order valence-corrected chi connectivity index (χ3v) is 4.05. The smallest absolute Gasteiger partial charge is 0.253 e. The lowest BCUT2D eigenvalue weighted by molar-refractivity contribution is 0.0952. The van der Waals surface area contributed by atoms with Gasteiger partial charge in [-0.05, 0) is 36.6 Å². The summed E-state index contributed by atoms with van der Waals surface area (Å²) in [5.41, 5.74) is 9.21. The van der Waals surface area contributed by atoms with Crippen molar-refractivity contribution in [2.45, 2.75) is 19.4 Å². The number of carbonyl (C=O) groups excluding carboxylic acids is 1. The Morgan fingerprint density at radius 2 is 1.82 bits per heavy atom. The van der Waals surface area contributed by atoms with Gasteiger partial charge in [0.2, 0.25) is 0 Å². The van der Waals surface area contributed by atoms with Gasteiger partial charge >= 0.3 is 0 Å². The average Bonchev–Trinajstić information content (AvgIpc) is 3.08. The van der Waals surface area contributed by atoms with Crippen LogP contribution in [0.1, 0.15) is 28.8 Å². The van der Waals surface area contributed by atoms with E-state index in [-0.39, 0.29) is 5.91 Å². The lowest BCUT2D eigenvalue weighted by atomic mass is 10.1. The minimum atomic E-state index is -0.123. The molecule has 0 spiro atoms. The quantitative estimate of drug-likeness (QED) is 0.853. The predicted octanol–water partition coefficient (Wildman–Crippen LogP) is 2.80. The molecule has 0 atom stereocenters. The fraction of sp³-hybridized carbons (Fsp3) is 0.278. The Morgan fingerprint density at radius 3 is 2.55 bits per heavy atom. The topological polar surface area (TPSA) is 58.4 Å². The summed E-state index contributed by atoms with van der Waals surface area (Å²) in [5, 5.41) is 2.94. The highest BCUT2D eigenvalue weighted by Crippen LogP contribution is 2.24. The van der Waals surface area contributed by atoms with Crippen LogP contribution in [0.4, 0.5) is 11.4 Å². The van der Waals surface area contributed by atoms with Crippen LogP contribution in [0.5, 0.6) is 0 Å². The SMILES string of the molecule is Nc1ccc(N2CCCC2)cc1C(=O)NCc1ccccc1. The van der Waals surface area contributed by atoms with Crippen molar-refractivity contribution in [2.24, 2.45) is 0 Å². The Labute approximate surface area is 130 Å². The summed E-state index contributed by atoms with van der Waals surface area (Å²) < 4.78 is 0. The molecule has 0 aliphatic carbocycles. The molecule has 1 saturated heterocycles. The molecule has 4 nitrogen and oxygen atoms in total. The van der Waals surface area contributed by atoms with Crippen molar-refractivity contribution < 1.29 is 4.79 Å². The Balaban J connectivity index is 1.72. The number of anilines is 2. The number of hydrogen-bond acceptors (Lipinski definition) is 3. The van der Waals surface area contributed by atoms with Crippen LogP contribution in [0.25, 0.3) is 0 Å². The zero-order chi connectivity index (χ0) is 15.4. The van der Waals surface area contributed by atoms with Crippen molar-refractivity contribution in [1.29, 1.82) is 0 Å². The number of nitrogen functional groups attached to an aromatic ring is 1. The van der Waals surface area contributed by atoms with Crippen molar-refractivity contribution in [3.8, 4) is 0 Å². The zero-order valence-electron chi connectivity index (χ0n) is 12.6. The summed E-state index contributed by atoms with van der Waals surface area (Å²) in [6, 6.07) is 15.6. The van der Waals surface area contributed by atoms with E-state index < -0.39 is 0 Å². The molecular formula is C18H21N3O. The van der Waals surface area contributed by atoms with Crippen LogP contribution in [0, 0.1) is 0 Å². The largest absolute Gasteiger partial charge is 0.398 e. The van der Waals surface area contributed by atoms with Gasteiger partial charge in [0.1, 0.15) is 0 Å². The van der Waals surface area contributed by atoms with E-state index in [0.29, 0.717) is 17.8 Å². The van der Waals surface area contributed by atoms with Gasteiger partial charge in [-0.25, -0.2) is 0 Å². The first-order valence-corrected chi connectivity index (χ1v) is 7.70. The number of hydrogen-bond donors (Lipinski definition) is 2. The standard InChI is InChI=1S/C18H21N3O/c19-17-9-8-15(21-10-4-5-11-21)12-16(17)18(22)20-13-14-6-2-1-3-7-14/h1-3,6-9,12H,4-5,10-11,13,19H2,(H,20,22). The summed E-state index contributed by atoms with van der Waals surface area (Å²) in [4.78, 5) is 14.7. The minimum absolute atomic E-state index is 0.123. The van der Waals surface area contributed by atoms with Crippen molar-refractivity contribution in [3.63, 3.8) is 0 Å². The molecule has 22 heavy (non-hydrogen) atoms. The van der Waals surface area contributed by atoms with E-state index >= 15 is 0 Å². The van der Waals surface area contributed by atoms with E-state index in [1.54, 1.807) is 0 Å². The van der Waals surface area contributed by atoms with Crippen LogP contribution in [0.2, 0.25) is 0 Å². The molecule has 4 heteroatoms. The molecule has 0 saturated carbocycles. The number of amides is 1. The van der Waals surface area contributed by atoms with Gasteiger partial charge < -0.3 is 16.0 Å². The second-order valence-corrected chi connectivity index (χ2v) is 5.63. The highest BCUT2D eigenvalue weighted by molar-refractivity contribution is 6.00. The fourth-order valence-electron chi connectivity index (χ4n) is 2.79. The number of carbonyl (C=O) groups is 1. The summed E-state index contributed by atoms with van der Waals surface area (Å²) >= 11 is 0. The summed E-state index contributed by atoms with van der Waals surface area (Å²) in [5.74, 6) is -0.123. The highest BCUT2D eigenvalue weighted by Gasteiger charge is 2.16. The van der Waals surface area contributed by atoms with E-state index in [2.05, 4.69) is 10.2 Å². The summed E-state index contributed by atoms with van der Waals surface area (Å²) in [6.45, 7) is 2.61. The third-order valence-electron chi connectivity index (χ3n) is 4.05. The molecule has 0 aromatic heterocycles. The Hall–Kier alpha value is -2.49. The van der Waals surface area contributed by atoms with Crippen LogP contribution >= 0.6 is 0 Å². The van der Waals surface area contributed by atoms with Crippen LogP contribution < -0.4 is 16.0 Å². The van der Waals surface area contributed by atoms with Crippen molar-refractivity contribution in [1.82, 2.24) is 5.32 Å². The summed E-state index contributed by atoms with van der Waals surface area (Å²) in [6.07, 6.45) is 2.42. The van der Waals surface area contributed by atoms with Gasteiger partial charge in [-0.3, -0.25) is 4.79 Å². The van der Waals surface area contributed by atoms with Crippen molar-refractivity contribution in [3.05, 3.63) is 59.7 Å². The molecule has 0 radical (unpaired) electrons. The molecule has 3 N–H and O–H groups in total. The number of nitrogens with zero attached hydrogens (tertiary/aromatic N) is 1. The van der Waals surface area contributed by atoms with E-state index in [0.717, 1.165) is 24.3 Å². The number of nitrogens with two attached hydrogens (primary N) is 1. The van der Waals surface area contributed by atoms with Crippen LogP contribution in [-0.2, 0) is 6.54 Å². The average molecular weight is 295 g/mol. The summed E-state index contributed by atoms with van der Waals surface area (Å²) in [7, 11) is 0. The molecule has 0 unspecified atom stereocenters. The Kier molecular flexibility index (Phi) is 4.28. The maximum atomic E-state index is 12.4. The predicted molar refractivity (Wildman–Crippen MR) is 89.9 cm³/mol. The van der Waals surface area contributed by atoms with Gasteiger partial charge in [0, 0.05) is 31.0 Å². The molecule has 0 bridgehead atoms. The number of nitrogens with one attached hydrogen (secondary N) is 1. The molecule has 1 aliphatic heterocycles. The molecule has 1 aliphatic rings. The van der Waals surface area contributed by atoms with Gasteiger partial charge in [0.25, 0.3) is 5.91 Å². The first-order valence-electron chi connectivity index (χ1n) is 7.70. The van der Waals surface area contributed by atoms with E-state index in [1.165, 1.54) is 12.8 Å². The third kappa shape index (κ3) is 3.22. The maximum Gasteiger partial charge on any atom is 0.253 e. The molecular weight excluding hydrogens is 274 g/mol. The zero-order valence-corrected chi connectivity index (χ0v) is 12.6. The maximum absolute atomic E-state index is 12.4. The number of rotatable bonds is 4. The van der Waals surface area contributed by atoms with E-state index in [9.17, 15) is 4.79 Å². The van der Waals surface area contributed by atoms with Gasteiger partial charge in [-0.2, -0.15) is 0 Å². The van der Waals surface area contributed by atoms with Gasteiger partial charge in [0.05, 0.1) is 5.56 Å². The van der Waals surface area contributed by atoms with Gasteiger partial charge in [0.15, 0.2) is 0 Å². The van der Waals surface area contributed by atoms with E-state index in [4.69, 9.17) is 5.73 Å². The van der Waals surface area contributed by atoms with Crippen LogP contribution in [-0.4, -0.2) is 19.0 Å². The Bertz CT molecular complexity index is 649. The molecule has 3 rings (SSSR count). The lowest BCUT2D eigenvalue weighted by Crippen LogP contribution is -2.25. The van der Waals surface area contributed by atoms with E-state index in [1.807, 2.05) is 48.5 Å². The highest BCUT2D eigenvalue weighted by atomic mass is 16.1. The molecule has 1 heterocycles. The molecule has 114 valence electrons.